The van der Waals surface area contributed by atoms with Crippen molar-refractivity contribution in [3.63, 3.8) is 0 Å². The van der Waals surface area contributed by atoms with E-state index in [1.165, 1.54) is 19.3 Å². The van der Waals surface area contributed by atoms with Gasteiger partial charge >= 0.3 is 17.9 Å². The molecule has 170 valence electrons. The number of alkyl halides is 2. The summed E-state index contributed by atoms with van der Waals surface area (Å²) in [5.41, 5.74) is -0.881. The predicted octanol–water partition coefficient (Wildman–Crippen LogP) is 4.89. The Labute approximate surface area is 177 Å². The summed E-state index contributed by atoms with van der Waals surface area (Å²) in [6.07, 6.45) is 7.13. The first-order valence-corrected chi connectivity index (χ1v) is 11.0. The first-order valence-electron chi connectivity index (χ1n) is 11.0. The van der Waals surface area contributed by atoms with E-state index in [9.17, 15) is 18.4 Å². The number of carbonyl (C=O) groups excluding carboxylic acids is 2. The maximum absolute atomic E-state index is 14.2. The lowest BCUT2D eigenvalue weighted by Crippen LogP contribution is -2.47. The van der Waals surface area contributed by atoms with E-state index in [0.29, 0.717) is 29.9 Å². The quantitative estimate of drug-likeness (QED) is 0.282. The van der Waals surface area contributed by atoms with Gasteiger partial charge in [-0.05, 0) is 76.5 Å². The van der Waals surface area contributed by atoms with Gasteiger partial charge in [-0.2, -0.15) is 8.78 Å². The van der Waals surface area contributed by atoms with Crippen LogP contribution in [0, 0.1) is 28.6 Å². The third-order valence-corrected chi connectivity index (χ3v) is 7.34. The van der Waals surface area contributed by atoms with Crippen LogP contribution in [0.2, 0.25) is 0 Å². The zero-order valence-electron chi connectivity index (χ0n) is 18.3. The van der Waals surface area contributed by atoms with Crippen molar-refractivity contribution in [3.8, 4) is 0 Å². The van der Waals surface area contributed by atoms with Crippen LogP contribution in [0.4, 0.5) is 8.78 Å². The van der Waals surface area contributed by atoms with Crippen molar-refractivity contribution in [2.75, 3.05) is 19.8 Å². The van der Waals surface area contributed by atoms with E-state index >= 15 is 0 Å². The zero-order valence-corrected chi connectivity index (χ0v) is 18.3. The largest absolute Gasteiger partial charge is 0.491 e. The molecule has 0 N–H and O–H groups in total. The molecular weight excluding hydrogens is 394 g/mol. The Morgan fingerprint density at radius 2 is 1.40 bits per heavy atom. The van der Waals surface area contributed by atoms with E-state index in [1.54, 1.807) is 13.8 Å². The summed E-state index contributed by atoms with van der Waals surface area (Å²) in [5.74, 6) is -3.59. The summed E-state index contributed by atoms with van der Waals surface area (Å²) >= 11 is 0. The second kappa shape index (κ2) is 8.46. The Morgan fingerprint density at radius 3 is 1.87 bits per heavy atom. The van der Waals surface area contributed by atoms with Crippen LogP contribution >= 0.6 is 0 Å². The summed E-state index contributed by atoms with van der Waals surface area (Å²) < 4.78 is 43.4. The van der Waals surface area contributed by atoms with Gasteiger partial charge in [-0.25, -0.2) is 4.79 Å². The number of allylic oxidation sites excluding steroid dienone is 1. The lowest BCUT2D eigenvalue weighted by molar-refractivity contribution is -0.183. The van der Waals surface area contributed by atoms with Crippen LogP contribution in [-0.2, 0) is 23.8 Å². The highest BCUT2D eigenvalue weighted by molar-refractivity contribution is 5.78. The standard InChI is InChI=1S/C23H34F2O5/c1-5-21(3,4)19(26)28-6-7-29-20(27)23(24,25)14-30-15(2)22-11-16-8-17(12-22)10-18(9-16)13-22/h16-18H,2,5-14H2,1,3-4H3. The number of hydrogen-bond acceptors (Lipinski definition) is 5. The van der Waals surface area contributed by atoms with Crippen LogP contribution in [0.3, 0.4) is 0 Å². The molecule has 0 aromatic rings. The van der Waals surface area contributed by atoms with Gasteiger partial charge in [0.05, 0.1) is 11.2 Å². The molecule has 4 aliphatic rings. The summed E-state index contributed by atoms with van der Waals surface area (Å²) in [7, 11) is 0. The van der Waals surface area contributed by atoms with Crippen LogP contribution in [0.25, 0.3) is 0 Å². The third kappa shape index (κ3) is 4.80. The van der Waals surface area contributed by atoms with Crippen molar-refractivity contribution in [2.24, 2.45) is 28.6 Å². The van der Waals surface area contributed by atoms with Gasteiger partial charge in [-0.3, -0.25) is 4.79 Å². The summed E-state index contributed by atoms with van der Waals surface area (Å²) in [4.78, 5) is 23.6. The molecule has 4 aliphatic carbocycles. The van der Waals surface area contributed by atoms with Gasteiger partial charge in [-0.15, -0.1) is 0 Å². The molecule has 0 aromatic carbocycles. The number of esters is 2. The van der Waals surface area contributed by atoms with Gasteiger partial charge in [0, 0.05) is 5.41 Å². The Balaban J connectivity index is 1.43. The average Bonchev–Trinajstić information content (AvgIpc) is 2.67. The van der Waals surface area contributed by atoms with E-state index in [2.05, 4.69) is 11.3 Å². The number of carbonyl (C=O) groups is 2. The van der Waals surface area contributed by atoms with Crippen molar-refractivity contribution in [3.05, 3.63) is 12.3 Å². The van der Waals surface area contributed by atoms with Gasteiger partial charge in [0.2, 0.25) is 0 Å². The minimum atomic E-state index is -3.78. The summed E-state index contributed by atoms with van der Waals surface area (Å²) in [6, 6.07) is 0. The second-order valence-corrected chi connectivity index (χ2v) is 10.1. The summed E-state index contributed by atoms with van der Waals surface area (Å²) in [5, 5.41) is 0. The molecule has 0 aromatic heterocycles. The molecule has 0 aliphatic heterocycles. The minimum Gasteiger partial charge on any atom is -0.491 e. The Bertz CT molecular complexity index is 650. The van der Waals surface area contributed by atoms with Gasteiger partial charge < -0.3 is 14.2 Å². The van der Waals surface area contributed by atoms with Gasteiger partial charge in [-0.1, -0.05) is 13.5 Å². The smallest absolute Gasteiger partial charge is 0.380 e. The minimum absolute atomic E-state index is 0.213. The van der Waals surface area contributed by atoms with Crippen LogP contribution in [0.15, 0.2) is 12.3 Å². The number of ether oxygens (including phenoxy) is 3. The monoisotopic (exact) mass is 428 g/mol. The van der Waals surface area contributed by atoms with Crippen LogP contribution < -0.4 is 0 Å². The molecule has 0 atom stereocenters. The molecule has 0 spiro atoms. The van der Waals surface area contributed by atoms with Crippen molar-refractivity contribution in [1.29, 1.82) is 0 Å². The zero-order chi connectivity index (χ0) is 22.2. The highest BCUT2D eigenvalue weighted by Gasteiger charge is 2.53. The molecule has 4 saturated carbocycles. The van der Waals surface area contributed by atoms with Crippen LogP contribution in [0.1, 0.15) is 65.7 Å². The highest BCUT2D eigenvalue weighted by Crippen LogP contribution is 2.62. The Morgan fingerprint density at radius 1 is 0.933 bits per heavy atom. The Hall–Kier alpha value is -1.66. The summed E-state index contributed by atoms with van der Waals surface area (Å²) in [6.45, 7) is 7.51. The van der Waals surface area contributed by atoms with Crippen LogP contribution in [0.5, 0.6) is 0 Å². The normalized spacial score (nSPS) is 30.1. The molecule has 5 nitrogen and oxygen atoms in total. The van der Waals surface area contributed by atoms with E-state index in [1.807, 2.05) is 6.92 Å². The fourth-order valence-electron chi connectivity index (χ4n) is 5.56. The predicted molar refractivity (Wildman–Crippen MR) is 107 cm³/mol. The molecule has 30 heavy (non-hydrogen) atoms. The lowest BCUT2D eigenvalue weighted by atomic mass is 9.49. The first kappa shape index (κ1) is 23.0. The first-order chi connectivity index (χ1) is 14.0. The molecule has 4 fully saturated rings. The number of rotatable bonds is 10. The molecule has 0 radical (unpaired) electrons. The van der Waals surface area contributed by atoms with Crippen molar-refractivity contribution < 1.29 is 32.6 Å². The molecular formula is C23H34F2O5. The van der Waals surface area contributed by atoms with Crippen molar-refractivity contribution in [1.82, 2.24) is 0 Å². The van der Waals surface area contributed by atoms with Gasteiger partial charge in [0.25, 0.3) is 0 Å². The lowest BCUT2D eigenvalue weighted by Gasteiger charge is -2.56. The molecule has 0 unspecified atom stereocenters. The van der Waals surface area contributed by atoms with E-state index in [-0.39, 0.29) is 12.0 Å². The second-order valence-electron chi connectivity index (χ2n) is 10.1. The third-order valence-electron chi connectivity index (χ3n) is 7.34. The van der Waals surface area contributed by atoms with Crippen LogP contribution in [-0.4, -0.2) is 37.7 Å². The molecule has 0 heterocycles. The maximum Gasteiger partial charge on any atom is 0.380 e. The van der Waals surface area contributed by atoms with E-state index in [4.69, 9.17) is 9.47 Å². The fourth-order valence-corrected chi connectivity index (χ4v) is 5.56. The molecule has 7 heteroatoms. The molecule has 0 saturated heterocycles. The number of hydrogen-bond donors (Lipinski definition) is 0. The van der Waals surface area contributed by atoms with Crippen molar-refractivity contribution in [2.45, 2.75) is 71.6 Å². The van der Waals surface area contributed by atoms with E-state index in [0.717, 1.165) is 19.3 Å². The SMILES string of the molecule is C=C(OCC(F)(F)C(=O)OCCOC(=O)C(C)(C)CC)C12CC3CC(CC(C3)C1)C2. The van der Waals surface area contributed by atoms with Gasteiger partial charge in [0.15, 0.2) is 6.61 Å². The fraction of sp³-hybridized carbons (Fsp3) is 0.826. The topological polar surface area (TPSA) is 61.8 Å². The van der Waals surface area contributed by atoms with Gasteiger partial charge in [0.1, 0.15) is 13.2 Å². The maximum atomic E-state index is 14.2. The highest BCUT2D eigenvalue weighted by atomic mass is 19.3. The van der Waals surface area contributed by atoms with Crippen molar-refractivity contribution >= 4 is 11.9 Å². The van der Waals surface area contributed by atoms with E-state index < -0.39 is 36.5 Å². The molecule has 4 rings (SSSR count). The Kier molecular flexibility index (Phi) is 6.49. The molecule has 0 amide bonds. The molecule has 4 bridgehead atoms. The average molecular weight is 429 g/mol. The number of halogens is 2.